The van der Waals surface area contributed by atoms with E-state index in [0.29, 0.717) is 23.4 Å². The van der Waals surface area contributed by atoms with Crippen LogP contribution in [0.2, 0.25) is 0 Å². The summed E-state index contributed by atoms with van der Waals surface area (Å²) < 4.78 is 30.4. The van der Waals surface area contributed by atoms with E-state index in [0.717, 1.165) is 0 Å². The number of ketones is 2. The van der Waals surface area contributed by atoms with Gasteiger partial charge in [0, 0.05) is 28.3 Å². The zero-order chi connectivity index (χ0) is 24.1. The lowest BCUT2D eigenvalue weighted by atomic mass is 9.77. The van der Waals surface area contributed by atoms with E-state index in [9.17, 15) is 27.9 Å². The van der Waals surface area contributed by atoms with Crippen molar-refractivity contribution in [1.82, 2.24) is 9.78 Å². The highest BCUT2D eigenvalue weighted by Crippen LogP contribution is 2.41. The van der Waals surface area contributed by atoms with Crippen molar-refractivity contribution in [1.29, 1.82) is 0 Å². The maximum atomic E-state index is 13.1. The van der Waals surface area contributed by atoms with E-state index in [2.05, 4.69) is 5.10 Å². The number of rotatable bonds is 5. The quantitative estimate of drug-likeness (QED) is 0.517. The molecule has 2 aliphatic rings. The number of sulfone groups is 1. The lowest BCUT2D eigenvalue weighted by Gasteiger charge is -2.25. The van der Waals surface area contributed by atoms with E-state index in [1.165, 1.54) is 19.2 Å². The second kappa shape index (κ2) is 8.26. The number of aryl methyl sites for hydroxylation is 1. The van der Waals surface area contributed by atoms with Crippen molar-refractivity contribution in [3.8, 4) is 0 Å². The van der Waals surface area contributed by atoms with Crippen LogP contribution in [-0.2, 0) is 24.2 Å². The van der Waals surface area contributed by atoms with Gasteiger partial charge in [-0.2, -0.15) is 5.10 Å². The first-order chi connectivity index (χ1) is 15.6. The summed E-state index contributed by atoms with van der Waals surface area (Å²) in [6.07, 6.45) is 0.109. The molecule has 0 bridgehead atoms. The Morgan fingerprint density at radius 1 is 1.21 bits per heavy atom. The number of nitrogens with zero attached hydrogens (tertiary/aromatic N) is 2. The third-order valence-corrected chi connectivity index (χ3v) is 8.11. The lowest BCUT2D eigenvalue weighted by Crippen LogP contribution is -2.29. The summed E-state index contributed by atoms with van der Waals surface area (Å²) in [6, 6.07) is 5.87. The Labute approximate surface area is 191 Å². The molecular weight excluding hydrogens is 448 g/mol. The summed E-state index contributed by atoms with van der Waals surface area (Å²) in [4.78, 5) is 38.3. The smallest absolute Gasteiger partial charge is 0.306 e. The van der Waals surface area contributed by atoms with Gasteiger partial charge in [0.2, 0.25) is 11.6 Å². The van der Waals surface area contributed by atoms with E-state index in [1.54, 1.807) is 30.7 Å². The van der Waals surface area contributed by atoms with Gasteiger partial charge < -0.3 is 9.84 Å². The van der Waals surface area contributed by atoms with Gasteiger partial charge in [0.25, 0.3) is 0 Å². The number of hydrogen-bond donors (Lipinski definition) is 1. The number of carbonyl (C=O) groups is 3. The van der Waals surface area contributed by atoms with Gasteiger partial charge in [0.15, 0.2) is 9.84 Å². The van der Waals surface area contributed by atoms with Gasteiger partial charge in [-0.1, -0.05) is 24.3 Å². The normalized spacial score (nSPS) is 20.6. The van der Waals surface area contributed by atoms with Crippen molar-refractivity contribution in [2.45, 2.75) is 38.6 Å². The Balaban J connectivity index is 1.89. The number of ether oxygens (including phenoxy) is 1. The number of fused-ring (bicyclic) bond motifs is 1. The van der Waals surface area contributed by atoms with Gasteiger partial charge >= 0.3 is 5.97 Å². The second-order valence-electron chi connectivity index (χ2n) is 8.38. The number of aromatic nitrogens is 2. The standard InChI is InChI=1S/C23H24N2O7S/c1-12-19(13(2)25(24-12)14-8-9-33(30,31)11-14)17(10-18(26)32-3)20-21(27)15-6-4-5-7-16(15)22(28)23(20)29/h4-7,14,17,27H,8-11H2,1-3H3/t14-,17+/m1/s1. The molecule has 1 N–H and O–H groups in total. The Morgan fingerprint density at radius 2 is 1.88 bits per heavy atom. The SMILES string of the molecule is COC(=O)C[C@H](C1=C(O)c2ccccc2C(=O)C1=O)c1c(C)nn([C@@H]2CCS(=O)(=O)C2)c1C. The zero-order valence-electron chi connectivity index (χ0n) is 18.5. The molecule has 2 aromatic rings. The Kier molecular flexibility index (Phi) is 5.73. The van der Waals surface area contributed by atoms with Crippen LogP contribution in [0.5, 0.6) is 0 Å². The summed E-state index contributed by atoms with van der Waals surface area (Å²) in [5.74, 6) is -3.63. The van der Waals surface area contributed by atoms with Crippen LogP contribution in [0.25, 0.3) is 5.76 Å². The van der Waals surface area contributed by atoms with Crippen LogP contribution in [-0.4, -0.2) is 59.5 Å². The second-order valence-corrected chi connectivity index (χ2v) is 10.6. The highest BCUT2D eigenvalue weighted by Gasteiger charge is 2.41. The highest BCUT2D eigenvalue weighted by molar-refractivity contribution is 7.91. The van der Waals surface area contributed by atoms with Crippen molar-refractivity contribution in [3.05, 3.63) is 57.9 Å². The molecule has 1 saturated heterocycles. The van der Waals surface area contributed by atoms with Crippen LogP contribution >= 0.6 is 0 Å². The van der Waals surface area contributed by atoms with Crippen molar-refractivity contribution in [2.75, 3.05) is 18.6 Å². The zero-order valence-corrected chi connectivity index (χ0v) is 19.3. The Morgan fingerprint density at radius 3 is 2.48 bits per heavy atom. The molecule has 4 rings (SSSR count). The predicted octanol–water partition coefficient (Wildman–Crippen LogP) is 2.24. The first-order valence-corrected chi connectivity index (χ1v) is 12.3. The van der Waals surface area contributed by atoms with Gasteiger partial charge in [0.1, 0.15) is 5.76 Å². The van der Waals surface area contributed by atoms with Crippen molar-refractivity contribution < 1.29 is 32.6 Å². The minimum Gasteiger partial charge on any atom is -0.507 e. The molecule has 2 atom stereocenters. The maximum absolute atomic E-state index is 13.1. The fourth-order valence-corrected chi connectivity index (χ4v) is 6.50. The number of Topliss-reactive ketones (excluding diaryl/α,β-unsaturated/α-hetero) is 2. The molecule has 1 aromatic carbocycles. The molecule has 0 saturated carbocycles. The molecule has 0 unspecified atom stereocenters. The molecule has 2 heterocycles. The minimum absolute atomic E-state index is 0.0468. The summed E-state index contributed by atoms with van der Waals surface area (Å²) >= 11 is 0. The van der Waals surface area contributed by atoms with E-state index in [1.807, 2.05) is 0 Å². The van der Waals surface area contributed by atoms with Crippen LogP contribution < -0.4 is 0 Å². The van der Waals surface area contributed by atoms with Gasteiger partial charge in [-0.05, 0) is 20.3 Å². The lowest BCUT2D eigenvalue weighted by molar-refractivity contribution is -0.140. The minimum atomic E-state index is -3.17. The molecule has 1 fully saturated rings. The molecule has 33 heavy (non-hydrogen) atoms. The van der Waals surface area contributed by atoms with Crippen LogP contribution in [0.15, 0.2) is 29.8 Å². The van der Waals surface area contributed by atoms with Gasteiger partial charge in [-0.25, -0.2) is 8.42 Å². The van der Waals surface area contributed by atoms with Crippen LogP contribution in [0.4, 0.5) is 0 Å². The Hall–Kier alpha value is -3.27. The molecule has 1 aliphatic carbocycles. The predicted molar refractivity (Wildman–Crippen MR) is 119 cm³/mol. The van der Waals surface area contributed by atoms with E-state index in [4.69, 9.17) is 4.74 Å². The first kappa shape index (κ1) is 22.9. The fourth-order valence-electron chi connectivity index (χ4n) is 4.81. The van der Waals surface area contributed by atoms with Gasteiger partial charge in [-0.3, -0.25) is 19.1 Å². The number of carbonyl (C=O) groups excluding carboxylic acids is 3. The molecule has 0 radical (unpaired) electrons. The molecule has 9 nitrogen and oxygen atoms in total. The molecule has 1 aromatic heterocycles. The molecule has 0 amide bonds. The number of aliphatic hydroxyl groups is 1. The van der Waals surface area contributed by atoms with Gasteiger partial charge in [-0.15, -0.1) is 0 Å². The third kappa shape index (κ3) is 3.88. The average Bonchev–Trinajstić information content (AvgIpc) is 3.29. The van der Waals surface area contributed by atoms with Crippen LogP contribution in [0.3, 0.4) is 0 Å². The summed E-state index contributed by atoms with van der Waals surface area (Å²) in [5.41, 5.74) is 1.67. The number of allylic oxidation sites excluding steroid dienone is 1. The number of benzene rings is 1. The molecule has 174 valence electrons. The fraction of sp³-hybridized carbons (Fsp3) is 0.391. The molecule has 10 heteroatoms. The number of methoxy groups -OCH3 is 1. The molecule has 0 spiro atoms. The van der Waals surface area contributed by atoms with E-state index in [-0.39, 0.29) is 46.4 Å². The first-order valence-electron chi connectivity index (χ1n) is 10.5. The topological polar surface area (TPSA) is 133 Å². The van der Waals surface area contributed by atoms with Crippen molar-refractivity contribution in [2.24, 2.45) is 0 Å². The van der Waals surface area contributed by atoms with E-state index >= 15 is 0 Å². The van der Waals surface area contributed by atoms with Crippen LogP contribution in [0.1, 0.15) is 57.7 Å². The average molecular weight is 473 g/mol. The molecule has 1 aliphatic heterocycles. The van der Waals surface area contributed by atoms with E-state index < -0.39 is 33.3 Å². The van der Waals surface area contributed by atoms with Crippen LogP contribution in [0, 0.1) is 13.8 Å². The number of aliphatic hydroxyl groups excluding tert-OH is 1. The van der Waals surface area contributed by atoms with Gasteiger partial charge in [0.05, 0.1) is 42.3 Å². The highest BCUT2D eigenvalue weighted by atomic mass is 32.2. The summed E-state index contributed by atoms with van der Waals surface area (Å²) in [7, 11) is -1.96. The maximum Gasteiger partial charge on any atom is 0.306 e. The molecular formula is C23H24N2O7S. The third-order valence-electron chi connectivity index (χ3n) is 6.36. The largest absolute Gasteiger partial charge is 0.507 e. The number of hydrogen-bond acceptors (Lipinski definition) is 8. The van der Waals surface area contributed by atoms with Crippen molar-refractivity contribution >= 4 is 33.1 Å². The monoisotopic (exact) mass is 472 g/mol. The Bertz CT molecular complexity index is 1320. The number of esters is 1. The summed E-state index contributed by atoms with van der Waals surface area (Å²) in [5, 5.41) is 15.6. The summed E-state index contributed by atoms with van der Waals surface area (Å²) in [6.45, 7) is 3.42. The van der Waals surface area contributed by atoms with Crippen molar-refractivity contribution in [3.63, 3.8) is 0 Å².